The number of hydrogen-bond donors (Lipinski definition) is 0. The Morgan fingerprint density at radius 3 is 2.59 bits per heavy atom. The van der Waals surface area contributed by atoms with Gasteiger partial charge in [0, 0.05) is 18.5 Å². The zero-order chi connectivity index (χ0) is 12.6. The van der Waals surface area contributed by atoms with Crippen molar-refractivity contribution in [3.63, 3.8) is 0 Å². The van der Waals surface area contributed by atoms with Gasteiger partial charge in [-0.15, -0.1) is 0 Å². The van der Waals surface area contributed by atoms with Gasteiger partial charge in [0.05, 0.1) is 0 Å². The molecule has 1 aliphatic carbocycles. The van der Waals surface area contributed by atoms with Crippen LogP contribution in [0.4, 0.5) is 4.79 Å². The van der Waals surface area contributed by atoms with Crippen molar-refractivity contribution in [2.24, 2.45) is 11.8 Å². The summed E-state index contributed by atoms with van der Waals surface area (Å²) in [6.07, 6.45) is 3.75. The van der Waals surface area contributed by atoms with Crippen LogP contribution < -0.4 is 0 Å². The number of nitrogens with zero attached hydrogens (tertiary/aromatic N) is 1. The van der Waals surface area contributed by atoms with E-state index in [1.165, 1.54) is 0 Å². The van der Waals surface area contributed by atoms with Gasteiger partial charge in [0.1, 0.15) is 11.9 Å². The van der Waals surface area contributed by atoms with Crippen molar-refractivity contribution < 1.29 is 14.3 Å². The Balaban J connectivity index is 2.06. The Morgan fingerprint density at radius 2 is 2.06 bits per heavy atom. The molecule has 0 radical (unpaired) electrons. The van der Waals surface area contributed by atoms with E-state index in [1.807, 2.05) is 20.8 Å². The average Bonchev–Trinajstić information content (AvgIpc) is 2.27. The van der Waals surface area contributed by atoms with E-state index in [9.17, 15) is 9.59 Å². The number of aldehydes is 1. The zero-order valence-corrected chi connectivity index (χ0v) is 10.8. The number of fused-ring (bicyclic) bond motifs is 3. The first-order chi connectivity index (χ1) is 7.90. The van der Waals surface area contributed by atoms with E-state index >= 15 is 0 Å². The average molecular weight is 239 g/mol. The van der Waals surface area contributed by atoms with Crippen LogP contribution in [0, 0.1) is 11.8 Å². The lowest BCUT2D eigenvalue weighted by atomic mass is 9.73. The second-order valence-corrected chi connectivity index (χ2v) is 6.18. The molecule has 2 heterocycles. The third-order valence-electron chi connectivity index (χ3n) is 3.63. The molecule has 4 heteroatoms. The number of ether oxygens (including phenoxy) is 1. The Bertz CT molecular complexity index is 321. The van der Waals surface area contributed by atoms with Crippen LogP contribution in [0.15, 0.2) is 0 Å². The highest BCUT2D eigenvalue weighted by Gasteiger charge is 2.43. The third-order valence-corrected chi connectivity index (χ3v) is 3.63. The van der Waals surface area contributed by atoms with Gasteiger partial charge >= 0.3 is 6.09 Å². The first-order valence-corrected chi connectivity index (χ1v) is 6.35. The van der Waals surface area contributed by atoms with Crippen LogP contribution in [0.1, 0.15) is 40.0 Å². The minimum absolute atomic E-state index is 0.00928. The smallest absolute Gasteiger partial charge is 0.410 e. The van der Waals surface area contributed by atoms with Crippen molar-refractivity contribution in [3.8, 4) is 0 Å². The van der Waals surface area contributed by atoms with Crippen LogP contribution >= 0.6 is 0 Å². The molecule has 1 saturated carbocycles. The van der Waals surface area contributed by atoms with Crippen LogP contribution in [0.25, 0.3) is 0 Å². The standard InChI is InChI=1S/C13H21NO3/c1-13(2,3)17-12(16)14-7-9-4-5-11(14)10(6-9)8-15/h8-11H,4-7H2,1-3H3. The highest BCUT2D eigenvalue weighted by atomic mass is 16.6. The van der Waals surface area contributed by atoms with Crippen molar-refractivity contribution >= 4 is 12.4 Å². The fourth-order valence-corrected chi connectivity index (χ4v) is 2.92. The van der Waals surface area contributed by atoms with Crippen LogP contribution in [0.3, 0.4) is 0 Å². The van der Waals surface area contributed by atoms with Crippen molar-refractivity contribution in [2.75, 3.05) is 6.54 Å². The summed E-state index contributed by atoms with van der Waals surface area (Å²) >= 11 is 0. The Hall–Kier alpha value is -1.06. The number of rotatable bonds is 1. The van der Waals surface area contributed by atoms with Gasteiger partial charge in [0.25, 0.3) is 0 Å². The molecule has 3 unspecified atom stereocenters. The van der Waals surface area contributed by atoms with E-state index in [0.29, 0.717) is 5.92 Å². The quantitative estimate of drug-likeness (QED) is 0.659. The summed E-state index contributed by atoms with van der Waals surface area (Å²) in [5.74, 6) is 0.484. The molecule has 2 bridgehead atoms. The van der Waals surface area contributed by atoms with Gasteiger partial charge in [-0.3, -0.25) is 0 Å². The highest BCUT2D eigenvalue weighted by Crippen LogP contribution is 2.38. The molecule has 3 fully saturated rings. The minimum Gasteiger partial charge on any atom is -0.444 e. The van der Waals surface area contributed by atoms with E-state index < -0.39 is 5.60 Å². The molecule has 3 aliphatic rings. The monoisotopic (exact) mass is 239 g/mol. The maximum Gasteiger partial charge on any atom is 0.410 e. The maximum absolute atomic E-state index is 12.1. The summed E-state index contributed by atoms with van der Waals surface area (Å²) in [7, 11) is 0. The predicted molar refractivity (Wildman–Crippen MR) is 63.6 cm³/mol. The van der Waals surface area contributed by atoms with Crippen LogP contribution in [0.2, 0.25) is 0 Å². The summed E-state index contributed by atoms with van der Waals surface area (Å²) in [5.41, 5.74) is -0.468. The fraction of sp³-hybridized carbons (Fsp3) is 0.846. The summed E-state index contributed by atoms with van der Waals surface area (Å²) in [4.78, 5) is 24.8. The molecule has 3 rings (SSSR count). The molecular weight excluding hydrogens is 218 g/mol. The van der Waals surface area contributed by atoms with Gasteiger partial charge in [-0.2, -0.15) is 0 Å². The van der Waals surface area contributed by atoms with E-state index in [-0.39, 0.29) is 18.1 Å². The summed E-state index contributed by atoms with van der Waals surface area (Å²) in [6.45, 7) is 6.35. The van der Waals surface area contributed by atoms with Crippen molar-refractivity contribution in [1.82, 2.24) is 4.90 Å². The molecule has 0 aromatic heterocycles. The number of amides is 1. The third kappa shape index (κ3) is 2.61. The number of piperidine rings is 2. The Kier molecular flexibility index (Phi) is 3.15. The van der Waals surface area contributed by atoms with Gasteiger partial charge in [0.2, 0.25) is 0 Å². The van der Waals surface area contributed by atoms with Crippen LogP contribution in [-0.2, 0) is 9.53 Å². The van der Waals surface area contributed by atoms with Gasteiger partial charge in [-0.25, -0.2) is 4.79 Å². The molecule has 2 aliphatic heterocycles. The topological polar surface area (TPSA) is 46.6 Å². The van der Waals surface area contributed by atoms with Gasteiger partial charge in [-0.05, 0) is 46.0 Å². The lowest BCUT2D eigenvalue weighted by Crippen LogP contribution is -2.56. The molecular formula is C13H21NO3. The Labute approximate surface area is 102 Å². The molecule has 96 valence electrons. The second-order valence-electron chi connectivity index (χ2n) is 6.18. The van der Waals surface area contributed by atoms with E-state index in [2.05, 4.69) is 0 Å². The van der Waals surface area contributed by atoms with Crippen LogP contribution in [-0.4, -0.2) is 35.5 Å². The van der Waals surface area contributed by atoms with Crippen molar-refractivity contribution in [2.45, 2.75) is 51.7 Å². The lowest BCUT2D eigenvalue weighted by molar-refractivity contribution is -0.117. The molecule has 17 heavy (non-hydrogen) atoms. The lowest BCUT2D eigenvalue weighted by Gasteiger charge is -2.48. The first-order valence-electron chi connectivity index (χ1n) is 6.35. The van der Waals surface area contributed by atoms with E-state index in [0.717, 1.165) is 32.1 Å². The largest absolute Gasteiger partial charge is 0.444 e. The van der Waals surface area contributed by atoms with Crippen LogP contribution in [0.5, 0.6) is 0 Å². The summed E-state index contributed by atoms with van der Waals surface area (Å²) in [5, 5.41) is 0. The van der Waals surface area contributed by atoms with Crippen molar-refractivity contribution in [1.29, 1.82) is 0 Å². The molecule has 0 spiro atoms. The minimum atomic E-state index is -0.468. The van der Waals surface area contributed by atoms with Gasteiger partial charge in [-0.1, -0.05) is 0 Å². The normalized spacial score (nSPS) is 32.4. The number of carbonyl (C=O) groups excluding carboxylic acids is 2. The van der Waals surface area contributed by atoms with E-state index in [4.69, 9.17) is 4.74 Å². The molecule has 0 aromatic rings. The SMILES string of the molecule is CC(C)(C)OC(=O)N1CC2CCC1C(C=O)C2. The number of carbonyl (C=O) groups is 2. The van der Waals surface area contributed by atoms with Crippen molar-refractivity contribution in [3.05, 3.63) is 0 Å². The number of hydrogen-bond acceptors (Lipinski definition) is 3. The molecule has 0 aromatic carbocycles. The molecule has 4 nitrogen and oxygen atoms in total. The predicted octanol–water partition coefficient (Wildman–Crippen LogP) is 2.22. The summed E-state index contributed by atoms with van der Waals surface area (Å²) < 4.78 is 5.39. The first kappa shape index (κ1) is 12.4. The van der Waals surface area contributed by atoms with Gasteiger partial charge < -0.3 is 14.4 Å². The molecule has 1 amide bonds. The Morgan fingerprint density at radius 1 is 1.35 bits per heavy atom. The maximum atomic E-state index is 12.1. The highest BCUT2D eigenvalue weighted by molar-refractivity contribution is 5.70. The second kappa shape index (κ2) is 4.31. The molecule has 0 N–H and O–H groups in total. The van der Waals surface area contributed by atoms with Gasteiger partial charge in [0.15, 0.2) is 0 Å². The molecule has 3 atom stereocenters. The fourth-order valence-electron chi connectivity index (χ4n) is 2.92. The molecule has 2 saturated heterocycles. The zero-order valence-electron chi connectivity index (χ0n) is 10.8. The summed E-state index contributed by atoms with van der Waals surface area (Å²) in [6, 6.07) is 0.0624. The van der Waals surface area contributed by atoms with E-state index in [1.54, 1.807) is 4.90 Å².